The Balaban J connectivity index is 2.17. The van der Waals surface area contributed by atoms with E-state index in [1.807, 2.05) is 25.1 Å². The van der Waals surface area contributed by atoms with E-state index in [9.17, 15) is 4.79 Å². The fourth-order valence-corrected chi connectivity index (χ4v) is 2.92. The Morgan fingerprint density at radius 3 is 2.81 bits per heavy atom. The molecule has 1 aromatic rings. The Bertz CT molecular complexity index is 415. The Hall–Kier alpha value is -1.16. The molecule has 0 aromatic heterocycles. The van der Waals surface area contributed by atoms with Crippen molar-refractivity contribution < 1.29 is 9.90 Å². The van der Waals surface area contributed by atoms with Gasteiger partial charge in [-0.2, -0.15) is 0 Å². The van der Waals surface area contributed by atoms with Crippen LogP contribution < -0.4 is 5.73 Å². The lowest BCUT2D eigenvalue weighted by molar-refractivity contribution is -0.136. The van der Waals surface area contributed by atoms with Gasteiger partial charge in [-0.25, -0.2) is 0 Å². The van der Waals surface area contributed by atoms with Crippen LogP contribution in [0.2, 0.25) is 0 Å². The average molecular weight is 237 g/mol. The van der Waals surface area contributed by atoms with E-state index in [4.69, 9.17) is 10.8 Å². The first-order valence-electron chi connectivity index (χ1n) is 5.33. The highest BCUT2D eigenvalue weighted by molar-refractivity contribution is 8.00. The van der Waals surface area contributed by atoms with E-state index in [2.05, 4.69) is 0 Å². The molecule has 0 saturated heterocycles. The smallest absolute Gasteiger partial charge is 0.317 e. The summed E-state index contributed by atoms with van der Waals surface area (Å²) in [6.45, 7) is 1.98. The Labute approximate surface area is 99.0 Å². The van der Waals surface area contributed by atoms with Crippen LogP contribution in [0.4, 0.5) is 5.69 Å². The Morgan fingerprint density at radius 1 is 1.56 bits per heavy atom. The predicted molar refractivity (Wildman–Crippen MR) is 65.6 cm³/mol. The number of hydrogen-bond acceptors (Lipinski definition) is 3. The standard InChI is InChI=1S/C12H15NO2S/c1-7-2-5-9(13)10(6-7)16-11(12(14)15)8-3-4-8/h2,5-6,8,11H,3-4,13H2,1H3,(H,14,15). The van der Waals surface area contributed by atoms with E-state index >= 15 is 0 Å². The van der Waals surface area contributed by atoms with Gasteiger partial charge in [-0.3, -0.25) is 4.79 Å². The molecule has 1 unspecified atom stereocenters. The fourth-order valence-electron chi connectivity index (χ4n) is 1.63. The van der Waals surface area contributed by atoms with Gasteiger partial charge in [0.25, 0.3) is 0 Å². The van der Waals surface area contributed by atoms with Crippen molar-refractivity contribution in [3.8, 4) is 0 Å². The number of hydrogen-bond donors (Lipinski definition) is 2. The largest absolute Gasteiger partial charge is 0.480 e. The molecule has 0 bridgehead atoms. The second-order valence-electron chi connectivity index (χ2n) is 4.26. The number of carboxylic acid groups (broad SMARTS) is 1. The zero-order valence-corrected chi connectivity index (χ0v) is 9.96. The molecular formula is C12H15NO2S. The lowest BCUT2D eigenvalue weighted by atomic mass is 10.2. The first-order chi connectivity index (χ1) is 7.58. The van der Waals surface area contributed by atoms with E-state index in [-0.39, 0.29) is 5.25 Å². The lowest BCUT2D eigenvalue weighted by Gasteiger charge is -2.12. The number of carbonyl (C=O) groups is 1. The van der Waals surface area contributed by atoms with Crippen molar-refractivity contribution in [1.29, 1.82) is 0 Å². The van der Waals surface area contributed by atoms with Crippen LogP contribution in [0.25, 0.3) is 0 Å². The van der Waals surface area contributed by atoms with Crippen LogP contribution in [0.15, 0.2) is 23.1 Å². The third kappa shape index (κ3) is 2.50. The topological polar surface area (TPSA) is 63.3 Å². The van der Waals surface area contributed by atoms with E-state index in [1.165, 1.54) is 11.8 Å². The minimum Gasteiger partial charge on any atom is -0.480 e. The third-order valence-electron chi connectivity index (χ3n) is 2.72. The average Bonchev–Trinajstić information content (AvgIpc) is 3.02. The summed E-state index contributed by atoms with van der Waals surface area (Å²) in [6, 6.07) is 5.73. The van der Waals surface area contributed by atoms with Gasteiger partial charge in [-0.05, 0) is 43.4 Å². The molecule has 0 heterocycles. The summed E-state index contributed by atoms with van der Waals surface area (Å²) >= 11 is 1.38. The molecule has 86 valence electrons. The lowest BCUT2D eigenvalue weighted by Crippen LogP contribution is -2.18. The van der Waals surface area contributed by atoms with E-state index in [1.54, 1.807) is 0 Å². The molecule has 1 atom stereocenters. The Morgan fingerprint density at radius 2 is 2.25 bits per heavy atom. The maximum Gasteiger partial charge on any atom is 0.317 e. The van der Waals surface area contributed by atoms with Crippen molar-refractivity contribution in [1.82, 2.24) is 0 Å². The van der Waals surface area contributed by atoms with Gasteiger partial charge in [-0.15, -0.1) is 11.8 Å². The number of thioether (sulfide) groups is 1. The van der Waals surface area contributed by atoms with Crippen LogP contribution in [-0.2, 0) is 4.79 Å². The molecule has 1 aliphatic carbocycles. The van der Waals surface area contributed by atoms with Crippen LogP contribution >= 0.6 is 11.8 Å². The van der Waals surface area contributed by atoms with Crippen LogP contribution in [-0.4, -0.2) is 16.3 Å². The van der Waals surface area contributed by atoms with E-state index in [0.29, 0.717) is 11.6 Å². The van der Waals surface area contributed by atoms with Crippen molar-refractivity contribution in [3.63, 3.8) is 0 Å². The van der Waals surface area contributed by atoms with Gasteiger partial charge in [0.2, 0.25) is 0 Å². The number of aryl methyl sites for hydroxylation is 1. The van der Waals surface area contributed by atoms with Gasteiger partial charge in [-0.1, -0.05) is 6.07 Å². The van der Waals surface area contributed by atoms with Crippen LogP contribution in [0.3, 0.4) is 0 Å². The molecule has 0 radical (unpaired) electrons. The molecule has 1 fully saturated rings. The number of aliphatic carboxylic acids is 1. The maximum absolute atomic E-state index is 11.1. The minimum atomic E-state index is -0.728. The molecule has 4 heteroatoms. The minimum absolute atomic E-state index is 0.322. The highest BCUT2D eigenvalue weighted by Gasteiger charge is 2.37. The van der Waals surface area contributed by atoms with Gasteiger partial charge in [0.15, 0.2) is 0 Å². The summed E-state index contributed by atoms with van der Waals surface area (Å²) in [4.78, 5) is 12.0. The molecule has 0 amide bonds. The summed E-state index contributed by atoms with van der Waals surface area (Å²) in [6.07, 6.45) is 2.05. The van der Waals surface area contributed by atoms with Crippen molar-refractivity contribution >= 4 is 23.4 Å². The third-order valence-corrected chi connectivity index (χ3v) is 4.16. The molecule has 1 saturated carbocycles. The summed E-state index contributed by atoms with van der Waals surface area (Å²) in [5.74, 6) is -0.407. The number of benzene rings is 1. The van der Waals surface area contributed by atoms with Crippen molar-refractivity contribution in [3.05, 3.63) is 23.8 Å². The zero-order valence-electron chi connectivity index (χ0n) is 9.14. The molecule has 2 rings (SSSR count). The molecule has 0 spiro atoms. The van der Waals surface area contributed by atoms with Gasteiger partial charge in [0.05, 0.1) is 0 Å². The second kappa shape index (κ2) is 4.37. The summed E-state index contributed by atoms with van der Waals surface area (Å²) in [5.41, 5.74) is 7.62. The highest BCUT2D eigenvalue weighted by Crippen LogP contribution is 2.43. The number of anilines is 1. The van der Waals surface area contributed by atoms with Crippen molar-refractivity contribution in [2.45, 2.75) is 29.9 Å². The molecule has 16 heavy (non-hydrogen) atoms. The van der Waals surface area contributed by atoms with Crippen LogP contribution in [0, 0.1) is 12.8 Å². The zero-order chi connectivity index (χ0) is 11.7. The van der Waals surface area contributed by atoms with Crippen LogP contribution in [0.1, 0.15) is 18.4 Å². The second-order valence-corrected chi connectivity index (χ2v) is 5.44. The van der Waals surface area contributed by atoms with Crippen LogP contribution in [0.5, 0.6) is 0 Å². The number of nitrogens with two attached hydrogens (primary N) is 1. The first kappa shape index (κ1) is 11.3. The molecular weight excluding hydrogens is 222 g/mol. The summed E-state index contributed by atoms with van der Waals surface area (Å²) in [5, 5.41) is 8.80. The van der Waals surface area contributed by atoms with Crippen molar-refractivity contribution in [2.75, 3.05) is 5.73 Å². The highest BCUT2D eigenvalue weighted by atomic mass is 32.2. The SMILES string of the molecule is Cc1ccc(N)c(SC(C(=O)O)C2CC2)c1. The van der Waals surface area contributed by atoms with Crippen molar-refractivity contribution in [2.24, 2.45) is 5.92 Å². The number of nitrogen functional groups attached to an aromatic ring is 1. The van der Waals surface area contributed by atoms with Gasteiger partial charge < -0.3 is 10.8 Å². The molecule has 0 aliphatic heterocycles. The molecule has 3 nitrogen and oxygen atoms in total. The fraction of sp³-hybridized carbons (Fsp3) is 0.417. The molecule has 3 N–H and O–H groups in total. The predicted octanol–water partition coefficient (Wildman–Crippen LogP) is 2.53. The summed E-state index contributed by atoms with van der Waals surface area (Å²) < 4.78 is 0. The molecule has 1 aromatic carbocycles. The quantitative estimate of drug-likeness (QED) is 0.624. The van der Waals surface area contributed by atoms with E-state index in [0.717, 1.165) is 23.3 Å². The monoisotopic (exact) mass is 237 g/mol. The van der Waals surface area contributed by atoms with Gasteiger partial charge >= 0.3 is 5.97 Å². The first-order valence-corrected chi connectivity index (χ1v) is 6.21. The number of rotatable bonds is 4. The maximum atomic E-state index is 11.1. The normalized spacial score (nSPS) is 17.1. The van der Waals surface area contributed by atoms with Gasteiger partial charge in [0, 0.05) is 10.6 Å². The number of carboxylic acids is 1. The van der Waals surface area contributed by atoms with E-state index < -0.39 is 5.97 Å². The van der Waals surface area contributed by atoms with Gasteiger partial charge in [0.1, 0.15) is 5.25 Å². The summed E-state index contributed by atoms with van der Waals surface area (Å²) in [7, 11) is 0. The Kier molecular flexibility index (Phi) is 3.10. The molecule has 1 aliphatic rings.